The van der Waals surface area contributed by atoms with E-state index in [0.717, 1.165) is 11.1 Å². The topological polar surface area (TPSA) is 29.1 Å². The Hall–Kier alpha value is -1.22. The maximum Gasteiger partial charge on any atom is 0.138 e. The minimum absolute atomic E-state index is 0.137. The Morgan fingerprint density at radius 3 is 2.87 bits per heavy atom. The molecule has 15 heavy (non-hydrogen) atoms. The molecule has 0 amide bonds. The Labute approximate surface area is 89.5 Å². The summed E-state index contributed by atoms with van der Waals surface area (Å²) in [5, 5.41) is 2.92. The van der Waals surface area contributed by atoms with Gasteiger partial charge in [-0.1, -0.05) is 6.07 Å². The number of benzene rings is 1. The average Bonchev–Trinajstić information content (AvgIpc) is 2.20. The van der Waals surface area contributed by atoms with Crippen LogP contribution >= 0.6 is 0 Å². The number of hydrogen-bond acceptors (Lipinski definition) is 2. The van der Waals surface area contributed by atoms with Crippen LogP contribution in [0.5, 0.6) is 0 Å². The molecule has 1 rings (SSSR count). The van der Waals surface area contributed by atoms with Gasteiger partial charge in [-0.3, -0.25) is 4.79 Å². The zero-order chi connectivity index (χ0) is 11.3. The van der Waals surface area contributed by atoms with Crippen molar-refractivity contribution in [1.29, 1.82) is 0 Å². The first-order valence-corrected chi connectivity index (χ1v) is 5.05. The summed E-state index contributed by atoms with van der Waals surface area (Å²) in [5.74, 6) is -0.143. The normalized spacial score (nSPS) is 10.3. The van der Waals surface area contributed by atoms with Gasteiger partial charge in [0, 0.05) is 19.4 Å². The third-order valence-corrected chi connectivity index (χ3v) is 2.35. The maximum atomic E-state index is 12.9. The Kier molecular flexibility index (Phi) is 4.43. The summed E-state index contributed by atoms with van der Waals surface area (Å²) in [6, 6.07) is 4.56. The molecule has 3 heteroatoms. The molecule has 0 fully saturated rings. The Morgan fingerprint density at radius 1 is 1.47 bits per heavy atom. The molecule has 0 atom stereocenters. The van der Waals surface area contributed by atoms with E-state index in [1.54, 1.807) is 13.1 Å². The molecule has 0 aliphatic heterocycles. The van der Waals surface area contributed by atoms with Crippen molar-refractivity contribution >= 4 is 5.78 Å². The molecule has 0 aliphatic rings. The molecule has 1 N–H and O–H groups in total. The van der Waals surface area contributed by atoms with E-state index in [1.807, 2.05) is 6.92 Å². The number of rotatable bonds is 5. The van der Waals surface area contributed by atoms with E-state index >= 15 is 0 Å². The van der Waals surface area contributed by atoms with Gasteiger partial charge in [-0.25, -0.2) is 4.39 Å². The van der Waals surface area contributed by atoms with Crippen molar-refractivity contribution in [2.45, 2.75) is 19.8 Å². The lowest BCUT2D eigenvalue weighted by Crippen LogP contribution is -2.14. The minimum atomic E-state index is -0.281. The van der Waals surface area contributed by atoms with Crippen LogP contribution in [-0.2, 0) is 11.2 Å². The monoisotopic (exact) mass is 209 g/mol. The predicted molar refractivity (Wildman–Crippen MR) is 58.4 cm³/mol. The number of ketones is 1. The van der Waals surface area contributed by atoms with Gasteiger partial charge < -0.3 is 5.32 Å². The first kappa shape index (κ1) is 11.9. The fourth-order valence-corrected chi connectivity index (χ4v) is 1.40. The molecule has 0 aliphatic carbocycles. The van der Waals surface area contributed by atoms with E-state index < -0.39 is 0 Å². The molecule has 0 radical (unpaired) electrons. The Bertz CT molecular complexity index is 349. The van der Waals surface area contributed by atoms with Gasteiger partial charge in [0.05, 0.1) is 0 Å². The third kappa shape index (κ3) is 3.80. The number of carbonyl (C=O) groups is 1. The van der Waals surface area contributed by atoms with Gasteiger partial charge in [0.2, 0.25) is 0 Å². The highest BCUT2D eigenvalue weighted by molar-refractivity contribution is 5.81. The van der Waals surface area contributed by atoms with Crippen molar-refractivity contribution in [1.82, 2.24) is 5.32 Å². The largest absolute Gasteiger partial charge is 0.319 e. The Morgan fingerprint density at radius 2 is 2.20 bits per heavy atom. The Balaban J connectivity index is 2.63. The summed E-state index contributed by atoms with van der Waals surface area (Å²) in [7, 11) is 1.81. The van der Waals surface area contributed by atoms with Gasteiger partial charge in [-0.15, -0.1) is 0 Å². The van der Waals surface area contributed by atoms with Crippen LogP contribution in [0, 0.1) is 12.7 Å². The predicted octanol–water partition coefficient (Wildman–Crippen LogP) is 1.86. The third-order valence-electron chi connectivity index (χ3n) is 2.35. The molecule has 0 aromatic heterocycles. The summed E-state index contributed by atoms with van der Waals surface area (Å²) in [6.07, 6.45) is 0.817. The molecular weight excluding hydrogens is 193 g/mol. The molecule has 1 aromatic carbocycles. The van der Waals surface area contributed by atoms with E-state index in [9.17, 15) is 9.18 Å². The van der Waals surface area contributed by atoms with E-state index in [1.165, 1.54) is 12.1 Å². The smallest absolute Gasteiger partial charge is 0.138 e. The van der Waals surface area contributed by atoms with E-state index in [0.29, 0.717) is 19.4 Å². The van der Waals surface area contributed by atoms with Crippen LogP contribution in [0.4, 0.5) is 4.39 Å². The standard InChI is InChI=1S/C12H16FNO/c1-9-3-4-11(13)7-10(9)8-12(15)5-6-14-2/h3-4,7,14H,5-6,8H2,1-2H3. The fourth-order valence-electron chi connectivity index (χ4n) is 1.40. The second kappa shape index (κ2) is 5.61. The SMILES string of the molecule is CNCCC(=O)Cc1cc(F)ccc1C. The summed E-state index contributed by atoms with van der Waals surface area (Å²) >= 11 is 0. The van der Waals surface area contributed by atoms with Crippen LogP contribution in [0.1, 0.15) is 17.5 Å². The lowest BCUT2D eigenvalue weighted by molar-refractivity contribution is -0.118. The highest BCUT2D eigenvalue weighted by Gasteiger charge is 2.06. The number of halogens is 1. The maximum absolute atomic E-state index is 12.9. The minimum Gasteiger partial charge on any atom is -0.319 e. The molecular formula is C12H16FNO. The highest BCUT2D eigenvalue weighted by atomic mass is 19.1. The van der Waals surface area contributed by atoms with Crippen molar-refractivity contribution < 1.29 is 9.18 Å². The lowest BCUT2D eigenvalue weighted by Gasteiger charge is -2.05. The zero-order valence-electron chi connectivity index (χ0n) is 9.14. The number of hydrogen-bond donors (Lipinski definition) is 1. The molecule has 0 spiro atoms. The molecule has 0 unspecified atom stereocenters. The number of aryl methyl sites for hydroxylation is 1. The van der Waals surface area contributed by atoms with Crippen LogP contribution < -0.4 is 5.32 Å². The summed E-state index contributed by atoms with van der Waals surface area (Å²) in [5.41, 5.74) is 1.75. The summed E-state index contributed by atoms with van der Waals surface area (Å²) < 4.78 is 12.9. The molecule has 0 saturated heterocycles. The highest BCUT2D eigenvalue weighted by Crippen LogP contribution is 2.11. The summed E-state index contributed by atoms with van der Waals surface area (Å²) in [6.45, 7) is 2.56. The van der Waals surface area contributed by atoms with Crippen LogP contribution in [-0.4, -0.2) is 19.4 Å². The van der Waals surface area contributed by atoms with Gasteiger partial charge >= 0.3 is 0 Å². The van der Waals surface area contributed by atoms with Crippen molar-refractivity contribution in [2.24, 2.45) is 0 Å². The quantitative estimate of drug-likeness (QED) is 0.802. The lowest BCUT2D eigenvalue weighted by atomic mass is 10.0. The zero-order valence-corrected chi connectivity index (χ0v) is 9.14. The van der Waals surface area contributed by atoms with Gasteiger partial charge in [-0.2, -0.15) is 0 Å². The molecule has 82 valence electrons. The van der Waals surface area contributed by atoms with Crippen molar-refractivity contribution in [2.75, 3.05) is 13.6 Å². The fraction of sp³-hybridized carbons (Fsp3) is 0.417. The van der Waals surface area contributed by atoms with Crippen molar-refractivity contribution in [3.05, 3.63) is 35.1 Å². The first-order valence-electron chi connectivity index (χ1n) is 5.05. The molecule has 0 bridgehead atoms. The van der Waals surface area contributed by atoms with Gasteiger partial charge in [0.15, 0.2) is 0 Å². The first-order chi connectivity index (χ1) is 7.13. The van der Waals surface area contributed by atoms with Gasteiger partial charge in [0.25, 0.3) is 0 Å². The van der Waals surface area contributed by atoms with Crippen LogP contribution in [0.3, 0.4) is 0 Å². The average molecular weight is 209 g/mol. The molecule has 1 aromatic rings. The van der Waals surface area contributed by atoms with E-state index in [2.05, 4.69) is 5.32 Å². The summed E-state index contributed by atoms with van der Waals surface area (Å²) in [4.78, 5) is 11.5. The van der Waals surface area contributed by atoms with Crippen molar-refractivity contribution in [3.63, 3.8) is 0 Å². The van der Waals surface area contributed by atoms with Crippen molar-refractivity contribution in [3.8, 4) is 0 Å². The van der Waals surface area contributed by atoms with Crippen LogP contribution in [0.2, 0.25) is 0 Å². The van der Waals surface area contributed by atoms with Gasteiger partial charge in [-0.05, 0) is 37.2 Å². The van der Waals surface area contributed by atoms with E-state index in [-0.39, 0.29) is 11.6 Å². The second-order valence-electron chi connectivity index (χ2n) is 3.64. The van der Waals surface area contributed by atoms with E-state index in [4.69, 9.17) is 0 Å². The van der Waals surface area contributed by atoms with Gasteiger partial charge in [0.1, 0.15) is 11.6 Å². The number of Topliss-reactive ketones (excluding diaryl/α,β-unsaturated/α-hetero) is 1. The number of carbonyl (C=O) groups excluding carboxylic acids is 1. The number of nitrogens with one attached hydrogen (secondary N) is 1. The van der Waals surface area contributed by atoms with Crippen LogP contribution in [0.15, 0.2) is 18.2 Å². The molecule has 0 heterocycles. The molecule has 0 saturated carbocycles. The second-order valence-corrected chi connectivity index (χ2v) is 3.64. The van der Waals surface area contributed by atoms with Crippen LogP contribution in [0.25, 0.3) is 0 Å². The molecule has 2 nitrogen and oxygen atoms in total.